The van der Waals surface area contributed by atoms with Gasteiger partial charge in [0, 0.05) is 44.5 Å². The van der Waals surface area contributed by atoms with Gasteiger partial charge in [0.2, 0.25) is 0 Å². The summed E-state index contributed by atoms with van der Waals surface area (Å²) in [6, 6.07) is 9.02. The largest absolute Gasteiger partial charge is 0.443 e. The number of amides is 3. The van der Waals surface area contributed by atoms with Crippen LogP contribution < -0.4 is 5.32 Å². The number of nitrogens with zero attached hydrogens (tertiary/aromatic N) is 2. The Bertz CT molecular complexity index is 1000. The molecule has 3 saturated heterocycles. The normalized spacial score (nSPS) is 30.2. The van der Waals surface area contributed by atoms with Crippen LogP contribution in [0.15, 0.2) is 30.3 Å². The molecule has 4 aliphatic rings. The maximum atomic E-state index is 13.7. The number of alkyl carbamates (subject to hydrolysis) is 1. The number of urea groups is 1. The fourth-order valence-corrected chi connectivity index (χ4v) is 7.02. The summed E-state index contributed by atoms with van der Waals surface area (Å²) in [5.41, 5.74) is 0.976. The number of piperidine rings is 1. The number of benzene rings is 1. The number of nitrogens with one attached hydrogen (secondary N) is 1. The van der Waals surface area contributed by atoms with Gasteiger partial charge in [-0.15, -0.1) is 0 Å². The van der Waals surface area contributed by atoms with E-state index in [9.17, 15) is 14.7 Å². The number of carbonyl (C=O) groups is 2. The Kier molecular flexibility index (Phi) is 10.1. The van der Waals surface area contributed by atoms with Crippen molar-refractivity contribution in [1.29, 1.82) is 0 Å². The highest BCUT2D eigenvalue weighted by molar-refractivity contribution is 5.74. The minimum absolute atomic E-state index is 0.0782. The molecule has 10 nitrogen and oxygen atoms in total. The highest BCUT2D eigenvalue weighted by Gasteiger charge is 2.53. The number of aliphatic hydroxyl groups is 1. The topological polar surface area (TPSA) is 110 Å². The first-order valence-electron chi connectivity index (χ1n) is 15.3. The number of rotatable bonds is 11. The van der Waals surface area contributed by atoms with Crippen molar-refractivity contribution in [3.63, 3.8) is 0 Å². The zero-order valence-electron chi connectivity index (χ0n) is 24.7. The van der Waals surface area contributed by atoms with Crippen LogP contribution in [0.1, 0.15) is 45.1 Å². The second kappa shape index (κ2) is 13.7. The molecule has 0 radical (unpaired) electrons. The molecule has 1 saturated carbocycles. The summed E-state index contributed by atoms with van der Waals surface area (Å²) >= 11 is 0. The van der Waals surface area contributed by atoms with Crippen molar-refractivity contribution >= 4 is 12.1 Å². The molecule has 1 aromatic rings. The van der Waals surface area contributed by atoms with E-state index in [1.54, 1.807) is 12.0 Å². The number of aliphatic hydroxyl groups excluding tert-OH is 1. The Morgan fingerprint density at radius 3 is 2.73 bits per heavy atom. The van der Waals surface area contributed by atoms with E-state index in [1.807, 2.05) is 35.2 Å². The van der Waals surface area contributed by atoms with E-state index in [2.05, 4.69) is 19.2 Å². The van der Waals surface area contributed by atoms with E-state index >= 15 is 0 Å². The Morgan fingerprint density at radius 1 is 1.17 bits per heavy atom. The lowest BCUT2D eigenvalue weighted by molar-refractivity contribution is -0.153. The van der Waals surface area contributed by atoms with Crippen LogP contribution in [0, 0.1) is 23.7 Å². The van der Waals surface area contributed by atoms with Crippen LogP contribution in [0.2, 0.25) is 0 Å². The van der Waals surface area contributed by atoms with Crippen LogP contribution in [0.25, 0.3) is 0 Å². The molecule has 1 aromatic carbocycles. The molecule has 41 heavy (non-hydrogen) atoms. The molecule has 3 bridgehead atoms. The van der Waals surface area contributed by atoms with Gasteiger partial charge < -0.3 is 39.2 Å². The second-order valence-corrected chi connectivity index (χ2v) is 12.7. The SMILES string of the molecule is COCC1CCCN(C(=O)N(CC(C)C)CC(O)C(Cc2ccccc2)NC(=O)OC2C3COC4OC2CC4C3)C1. The van der Waals surface area contributed by atoms with Crippen LogP contribution in [0.3, 0.4) is 0 Å². The van der Waals surface area contributed by atoms with Crippen molar-refractivity contribution in [3.05, 3.63) is 35.9 Å². The first-order valence-corrected chi connectivity index (χ1v) is 15.3. The third-order valence-electron chi connectivity index (χ3n) is 8.90. The van der Waals surface area contributed by atoms with Crippen LogP contribution in [0.4, 0.5) is 9.59 Å². The first-order chi connectivity index (χ1) is 19.8. The number of fused-ring (bicyclic) bond motifs is 2. The van der Waals surface area contributed by atoms with Gasteiger partial charge in [0.15, 0.2) is 6.29 Å². The van der Waals surface area contributed by atoms with Crippen molar-refractivity contribution in [2.45, 2.75) is 76.6 Å². The van der Waals surface area contributed by atoms with Crippen molar-refractivity contribution in [3.8, 4) is 0 Å². The highest BCUT2D eigenvalue weighted by atomic mass is 16.7. The molecule has 10 heteroatoms. The molecule has 3 aliphatic heterocycles. The number of likely N-dealkylation sites (tertiary alicyclic amines) is 1. The third-order valence-corrected chi connectivity index (χ3v) is 8.90. The zero-order chi connectivity index (χ0) is 28.9. The predicted octanol–water partition coefficient (Wildman–Crippen LogP) is 3.27. The van der Waals surface area contributed by atoms with Crippen LogP contribution >= 0.6 is 0 Å². The fourth-order valence-electron chi connectivity index (χ4n) is 7.02. The Labute approximate surface area is 243 Å². The van der Waals surface area contributed by atoms with Gasteiger partial charge in [0.25, 0.3) is 0 Å². The smallest absolute Gasteiger partial charge is 0.407 e. The molecule has 8 atom stereocenters. The Morgan fingerprint density at radius 2 is 1.98 bits per heavy atom. The third kappa shape index (κ3) is 7.52. The molecule has 3 heterocycles. The predicted molar refractivity (Wildman–Crippen MR) is 152 cm³/mol. The van der Waals surface area contributed by atoms with E-state index in [0.29, 0.717) is 51.1 Å². The summed E-state index contributed by atoms with van der Waals surface area (Å²) in [5.74, 6) is 1.02. The highest BCUT2D eigenvalue weighted by Crippen LogP contribution is 2.46. The Balaban J connectivity index is 1.26. The van der Waals surface area contributed by atoms with Crippen molar-refractivity contribution in [1.82, 2.24) is 15.1 Å². The van der Waals surface area contributed by atoms with E-state index in [1.165, 1.54) is 0 Å². The standard InChI is InChI=1S/C31H47N3O7/c1-20(2)15-34(31(37)33-11-7-10-22(16-33)18-38-3)17-26(35)25(12-21-8-5-4-6-9-21)32-30(36)41-28-24-13-23-14-27(28)40-29(23)39-19-24/h4-6,8-9,20,22-29,35H,7,10-19H2,1-3H3,(H,32,36). The summed E-state index contributed by atoms with van der Waals surface area (Å²) in [7, 11) is 1.69. The molecule has 0 aromatic heterocycles. The monoisotopic (exact) mass is 573 g/mol. The van der Waals surface area contributed by atoms with Crippen molar-refractivity contribution in [2.24, 2.45) is 23.7 Å². The zero-order valence-corrected chi connectivity index (χ0v) is 24.7. The number of methoxy groups -OCH3 is 1. The minimum Gasteiger partial charge on any atom is -0.443 e. The summed E-state index contributed by atoms with van der Waals surface area (Å²) < 4.78 is 23.1. The van der Waals surface area contributed by atoms with Crippen molar-refractivity contribution in [2.75, 3.05) is 46.5 Å². The molecular weight excluding hydrogens is 526 g/mol. The Hall–Kier alpha value is -2.40. The molecule has 2 N–H and O–H groups in total. The van der Waals surface area contributed by atoms with Gasteiger partial charge in [0.1, 0.15) is 6.10 Å². The van der Waals surface area contributed by atoms with Gasteiger partial charge in [-0.3, -0.25) is 0 Å². The molecule has 4 fully saturated rings. The fraction of sp³-hybridized carbons (Fsp3) is 0.742. The lowest BCUT2D eigenvalue weighted by Crippen LogP contribution is -2.55. The number of hydrogen-bond donors (Lipinski definition) is 2. The van der Waals surface area contributed by atoms with Crippen LogP contribution in [-0.2, 0) is 25.4 Å². The molecule has 1 aliphatic carbocycles. The van der Waals surface area contributed by atoms with Gasteiger partial charge in [-0.1, -0.05) is 44.2 Å². The van der Waals surface area contributed by atoms with Gasteiger partial charge in [-0.05, 0) is 43.6 Å². The number of ether oxygens (including phenoxy) is 4. The van der Waals surface area contributed by atoms with Crippen LogP contribution in [0.5, 0.6) is 0 Å². The van der Waals surface area contributed by atoms with E-state index in [0.717, 1.165) is 31.2 Å². The minimum atomic E-state index is -0.998. The van der Waals surface area contributed by atoms with Gasteiger partial charge in [-0.2, -0.15) is 0 Å². The van der Waals surface area contributed by atoms with Gasteiger partial charge in [-0.25, -0.2) is 9.59 Å². The van der Waals surface area contributed by atoms with Crippen LogP contribution in [-0.4, -0.2) is 104 Å². The van der Waals surface area contributed by atoms with E-state index in [4.69, 9.17) is 18.9 Å². The van der Waals surface area contributed by atoms with E-state index in [-0.39, 0.29) is 42.9 Å². The van der Waals surface area contributed by atoms with E-state index < -0.39 is 18.2 Å². The molecule has 0 spiro atoms. The summed E-state index contributed by atoms with van der Waals surface area (Å²) in [4.78, 5) is 30.6. The molecule has 228 valence electrons. The molecule has 8 unspecified atom stereocenters. The summed E-state index contributed by atoms with van der Waals surface area (Å²) in [6.45, 7) is 7.23. The summed E-state index contributed by atoms with van der Waals surface area (Å²) in [5, 5.41) is 14.5. The lowest BCUT2D eigenvalue weighted by atomic mass is 9.78. The molecule has 5 rings (SSSR count). The van der Waals surface area contributed by atoms with Gasteiger partial charge >= 0.3 is 12.1 Å². The van der Waals surface area contributed by atoms with Crippen molar-refractivity contribution < 1.29 is 33.6 Å². The average Bonchev–Trinajstić information content (AvgIpc) is 3.25. The second-order valence-electron chi connectivity index (χ2n) is 12.7. The quantitative estimate of drug-likeness (QED) is 0.418. The van der Waals surface area contributed by atoms with Gasteiger partial charge in [0.05, 0.1) is 38.0 Å². The lowest BCUT2D eigenvalue weighted by Gasteiger charge is -2.38. The summed E-state index contributed by atoms with van der Waals surface area (Å²) in [6.07, 6.45) is 1.86. The first kappa shape index (κ1) is 30.1. The average molecular weight is 574 g/mol. The molecular formula is C31H47N3O7. The molecule has 3 amide bonds. The number of hydrogen-bond acceptors (Lipinski definition) is 7. The maximum Gasteiger partial charge on any atom is 0.407 e. The maximum absolute atomic E-state index is 13.7. The number of carbonyl (C=O) groups excluding carboxylic acids is 2.